The molecule has 1 amide bonds. The maximum atomic E-state index is 13.0. The number of halogens is 2. The lowest BCUT2D eigenvalue weighted by Gasteiger charge is -2.36. The summed E-state index contributed by atoms with van der Waals surface area (Å²) >= 11 is 0. The molecule has 7 heteroatoms. The lowest BCUT2D eigenvalue weighted by atomic mass is 9.71. The molecular weight excluding hydrogens is 316 g/mol. The average Bonchev–Trinajstić information content (AvgIpc) is 2.81. The molecule has 1 saturated carbocycles. The monoisotopic (exact) mass is 337 g/mol. The normalized spacial score (nSPS) is 25.2. The first-order valence-electron chi connectivity index (χ1n) is 8.14. The first-order chi connectivity index (χ1) is 11.4. The molecule has 3 rings (SSSR count). The number of likely N-dealkylation sites (N-methyl/N-ethyl adjacent to an activating group) is 1. The van der Waals surface area contributed by atoms with Crippen LogP contribution < -0.4 is 10.5 Å². The van der Waals surface area contributed by atoms with Crippen molar-refractivity contribution < 1.29 is 18.3 Å². The average molecular weight is 337 g/mol. The molecule has 0 aromatic heterocycles. The van der Waals surface area contributed by atoms with E-state index in [2.05, 4.69) is 9.73 Å². The van der Waals surface area contributed by atoms with Crippen LogP contribution >= 0.6 is 0 Å². The summed E-state index contributed by atoms with van der Waals surface area (Å²) in [6.45, 7) is -2.88. The van der Waals surface area contributed by atoms with Gasteiger partial charge < -0.3 is 10.5 Å². The number of ether oxygens (including phenoxy) is 1. The van der Waals surface area contributed by atoms with Gasteiger partial charge in [-0.1, -0.05) is 31.4 Å². The Balaban J connectivity index is 2.01. The fraction of sp³-hybridized carbons (Fsp3) is 0.529. The van der Waals surface area contributed by atoms with E-state index in [1.807, 2.05) is 0 Å². The molecule has 24 heavy (non-hydrogen) atoms. The molecule has 2 N–H and O–H groups in total. The van der Waals surface area contributed by atoms with Crippen LogP contribution in [0.25, 0.3) is 0 Å². The van der Waals surface area contributed by atoms with Crippen LogP contribution in [-0.2, 0) is 10.3 Å². The third-order valence-electron chi connectivity index (χ3n) is 4.98. The number of aliphatic imine (C=N–C) groups is 1. The molecule has 1 aromatic rings. The van der Waals surface area contributed by atoms with Gasteiger partial charge in [0.2, 0.25) is 0 Å². The number of carbonyl (C=O) groups is 1. The van der Waals surface area contributed by atoms with E-state index in [1.165, 1.54) is 17.0 Å². The van der Waals surface area contributed by atoms with Crippen LogP contribution in [0.2, 0.25) is 0 Å². The number of benzene rings is 1. The van der Waals surface area contributed by atoms with Gasteiger partial charge in [-0.15, -0.1) is 0 Å². The minimum atomic E-state index is -2.88. The summed E-state index contributed by atoms with van der Waals surface area (Å²) < 4.78 is 29.1. The molecule has 1 fully saturated rings. The Hall–Kier alpha value is -2.18. The number of rotatable bonds is 4. The largest absolute Gasteiger partial charge is 0.435 e. The molecule has 1 heterocycles. The second kappa shape index (κ2) is 6.37. The van der Waals surface area contributed by atoms with Gasteiger partial charge in [-0.3, -0.25) is 9.69 Å². The van der Waals surface area contributed by atoms with Crippen molar-refractivity contribution in [2.24, 2.45) is 16.6 Å². The van der Waals surface area contributed by atoms with E-state index < -0.39 is 12.2 Å². The summed E-state index contributed by atoms with van der Waals surface area (Å²) in [6.07, 6.45) is 5.03. The highest BCUT2D eigenvalue weighted by atomic mass is 19.3. The SMILES string of the molecule is CN1C(=O)C(c2ccc(OC(F)F)cc2)(C2CCCCC2)N=C1N. The summed E-state index contributed by atoms with van der Waals surface area (Å²) in [5.41, 5.74) is 5.54. The van der Waals surface area contributed by atoms with Crippen molar-refractivity contribution in [2.75, 3.05) is 7.05 Å². The second-order valence-electron chi connectivity index (χ2n) is 6.34. The molecule has 0 spiro atoms. The number of hydrogen-bond donors (Lipinski definition) is 1. The van der Waals surface area contributed by atoms with Gasteiger partial charge in [0.25, 0.3) is 5.91 Å². The Morgan fingerprint density at radius 1 is 1.25 bits per heavy atom. The highest BCUT2D eigenvalue weighted by molar-refractivity contribution is 6.07. The van der Waals surface area contributed by atoms with E-state index in [4.69, 9.17) is 5.73 Å². The molecule has 0 saturated heterocycles. The highest BCUT2D eigenvalue weighted by Gasteiger charge is 2.53. The lowest BCUT2D eigenvalue weighted by Crippen LogP contribution is -2.45. The van der Waals surface area contributed by atoms with Crippen LogP contribution in [0.15, 0.2) is 29.3 Å². The summed E-state index contributed by atoms with van der Waals surface area (Å²) in [7, 11) is 1.61. The highest BCUT2D eigenvalue weighted by Crippen LogP contribution is 2.46. The molecule has 1 atom stereocenters. The summed E-state index contributed by atoms with van der Waals surface area (Å²) in [4.78, 5) is 18.9. The standard InChI is InChI=1S/C17H21F2N3O2/c1-22-14(23)17(21-16(22)20,11-5-3-2-4-6-11)12-7-9-13(10-8-12)24-15(18)19/h7-11,15H,2-6H2,1H3,(H2,20,21). The van der Waals surface area contributed by atoms with Gasteiger partial charge in [0.1, 0.15) is 5.75 Å². The van der Waals surface area contributed by atoms with E-state index in [1.54, 1.807) is 19.2 Å². The van der Waals surface area contributed by atoms with Crippen molar-refractivity contribution in [1.29, 1.82) is 0 Å². The van der Waals surface area contributed by atoms with Crippen molar-refractivity contribution in [3.05, 3.63) is 29.8 Å². The topological polar surface area (TPSA) is 67.9 Å². The van der Waals surface area contributed by atoms with E-state index >= 15 is 0 Å². The Bertz CT molecular complexity index is 642. The second-order valence-corrected chi connectivity index (χ2v) is 6.34. The molecule has 2 aliphatic rings. The number of nitrogens with two attached hydrogens (primary N) is 1. The molecule has 1 aromatic carbocycles. The summed E-state index contributed by atoms with van der Waals surface area (Å²) in [5, 5.41) is 0. The number of hydrogen-bond acceptors (Lipinski definition) is 4. The quantitative estimate of drug-likeness (QED) is 0.918. The Labute approximate surface area is 139 Å². The molecule has 1 aliphatic heterocycles. The molecule has 5 nitrogen and oxygen atoms in total. The Morgan fingerprint density at radius 2 is 1.88 bits per heavy atom. The third-order valence-corrected chi connectivity index (χ3v) is 4.98. The first kappa shape index (κ1) is 16.7. The number of carbonyl (C=O) groups excluding carboxylic acids is 1. The van der Waals surface area contributed by atoms with Gasteiger partial charge in [0.15, 0.2) is 11.5 Å². The van der Waals surface area contributed by atoms with E-state index in [0.29, 0.717) is 5.56 Å². The third kappa shape index (κ3) is 2.72. The van der Waals surface area contributed by atoms with Gasteiger partial charge in [-0.25, -0.2) is 4.99 Å². The fourth-order valence-electron chi connectivity index (χ4n) is 3.76. The van der Waals surface area contributed by atoms with Crippen molar-refractivity contribution in [3.8, 4) is 5.75 Å². The zero-order valence-corrected chi connectivity index (χ0v) is 13.5. The molecule has 130 valence electrons. The van der Waals surface area contributed by atoms with Gasteiger partial charge in [0.05, 0.1) is 0 Å². The summed E-state index contributed by atoms with van der Waals surface area (Å²) in [5.74, 6) is 0.153. The lowest BCUT2D eigenvalue weighted by molar-refractivity contribution is -0.133. The van der Waals surface area contributed by atoms with E-state index in [-0.39, 0.29) is 23.5 Å². The van der Waals surface area contributed by atoms with Crippen molar-refractivity contribution >= 4 is 11.9 Å². The number of nitrogens with zero attached hydrogens (tertiary/aromatic N) is 2. The van der Waals surface area contributed by atoms with Crippen molar-refractivity contribution in [1.82, 2.24) is 4.90 Å². The van der Waals surface area contributed by atoms with Crippen LogP contribution in [-0.4, -0.2) is 30.4 Å². The minimum absolute atomic E-state index is 0.0586. The molecule has 1 aliphatic carbocycles. The van der Waals surface area contributed by atoms with Crippen LogP contribution in [0.5, 0.6) is 5.75 Å². The molecule has 0 radical (unpaired) electrons. The van der Waals surface area contributed by atoms with E-state index in [9.17, 15) is 13.6 Å². The van der Waals surface area contributed by atoms with Crippen molar-refractivity contribution in [3.63, 3.8) is 0 Å². The minimum Gasteiger partial charge on any atom is -0.435 e. The van der Waals surface area contributed by atoms with Gasteiger partial charge in [-0.2, -0.15) is 8.78 Å². The molecule has 0 bridgehead atoms. The summed E-state index contributed by atoms with van der Waals surface area (Å²) in [6, 6.07) is 6.17. The van der Waals surface area contributed by atoms with E-state index in [0.717, 1.165) is 32.1 Å². The fourth-order valence-corrected chi connectivity index (χ4v) is 3.76. The Morgan fingerprint density at radius 3 is 2.38 bits per heavy atom. The van der Waals surface area contributed by atoms with Crippen molar-refractivity contribution in [2.45, 2.75) is 44.3 Å². The first-order valence-corrected chi connectivity index (χ1v) is 8.14. The Kier molecular flexibility index (Phi) is 4.43. The van der Waals surface area contributed by atoms with Crippen LogP contribution in [0.1, 0.15) is 37.7 Å². The molecule has 1 unspecified atom stereocenters. The maximum absolute atomic E-state index is 13.0. The van der Waals surface area contributed by atoms with Crippen LogP contribution in [0.4, 0.5) is 8.78 Å². The zero-order chi connectivity index (χ0) is 17.3. The van der Waals surface area contributed by atoms with Crippen LogP contribution in [0, 0.1) is 5.92 Å². The number of guanidine groups is 1. The smallest absolute Gasteiger partial charge is 0.387 e. The van der Waals surface area contributed by atoms with Crippen LogP contribution in [0.3, 0.4) is 0 Å². The van der Waals surface area contributed by atoms with Gasteiger partial charge >= 0.3 is 6.61 Å². The predicted octanol–water partition coefficient (Wildman–Crippen LogP) is 2.85. The van der Waals surface area contributed by atoms with Gasteiger partial charge in [0, 0.05) is 7.05 Å². The number of alkyl halides is 2. The maximum Gasteiger partial charge on any atom is 0.387 e. The predicted molar refractivity (Wildman–Crippen MR) is 85.7 cm³/mol. The number of amides is 1. The van der Waals surface area contributed by atoms with Gasteiger partial charge in [-0.05, 0) is 36.5 Å². The molecular formula is C17H21F2N3O2. The zero-order valence-electron chi connectivity index (χ0n) is 13.5.